The molecule has 0 aliphatic heterocycles. The van der Waals surface area contributed by atoms with E-state index in [-0.39, 0.29) is 35.6 Å². The van der Waals surface area contributed by atoms with E-state index in [1.807, 2.05) is 0 Å². The number of carbonyl (C=O) groups excluding carboxylic acids is 2. The third-order valence-electron chi connectivity index (χ3n) is 4.38. The summed E-state index contributed by atoms with van der Waals surface area (Å²) >= 11 is 0. The largest absolute Gasteiger partial charge is 0.484 e. The first-order valence-electron chi connectivity index (χ1n) is 8.33. The second-order valence-corrected chi connectivity index (χ2v) is 6.01. The fourth-order valence-electron chi connectivity index (χ4n) is 3.08. The number of rotatable bonds is 8. The van der Waals surface area contributed by atoms with Crippen molar-refractivity contribution in [3.05, 3.63) is 33.9 Å². The van der Waals surface area contributed by atoms with Crippen molar-refractivity contribution < 1.29 is 24.4 Å². The van der Waals surface area contributed by atoms with Gasteiger partial charge in [-0.2, -0.15) is 0 Å². The van der Waals surface area contributed by atoms with Crippen molar-refractivity contribution in [1.82, 2.24) is 4.90 Å². The van der Waals surface area contributed by atoms with E-state index in [1.165, 1.54) is 17.0 Å². The van der Waals surface area contributed by atoms with Crippen LogP contribution in [-0.4, -0.2) is 46.0 Å². The lowest BCUT2D eigenvalue weighted by Crippen LogP contribution is -2.48. The van der Waals surface area contributed by atoms with E-state index in [9.17, 15) is 24.8 Å². The van der Waals surface area contributed by atoms with Crippen LogP contribution in [0, 0.1) is 10.1 Å². The summed E-state index contributed by atoms with van der Waals surface area (Å²) in [4.78, 5) is 35.1. The maximum Gasteiger partial charge on any atom is 0.283 e. The predicted octanol–water partition coefficient (Wildman–Crippen LogP) is 2.29. The molecular formula is C17H22N2O6. The summed E-state index contributed by atoms with van der Waals surface area (Å²) in [5, 5.41) is 21.1. The van der Waals surface area contributed by atoms with Gasteiger partial charge in [-0.3, -0.25) is 19.7 Å². The molecule has 2 rings (SSSR count). The number of ether oxygens (including phenoxy) is 1. The zero-order valence-electron chi connectivity index (χ0n) is 14.1. The van der Waals surface area contributed by atoms with Crippen molar-refractivity contribution in [3.63, 3.8) is 0 Å². The minimum absolute atomic E-state index is 0.00201. The number of amides is 1. The van der Waals surface area contributed by atoms with Gasteiger partial charge in [0.1, 0.15) is 12.0 Å². The van der Waals surface area contributed by atoms with Gasteiger partial charge in [-0.1, -0.05) is 19.8 Å². The van der Waals surface area contributed by atoms with E-state index in [0.29, 0.717) is 12.7 Å². The first-order valence-corrected chi connectivity index (χ1v) is 8.33. The smallest absolute Gasteiger partial charge is 0.283 e. The molecule has 1 fully saturated rings. The van der Waals surface area contributed by atoms with Gasteiger partial charge in [-0.05, 0) is 31.4 Å². The molecule has 0 bridgehead atoms. The van der Waals surface area contributed by atoms with E-state index < -0.39 is 11.2 Å². The first kappa shape index (κ1) is 18.9. The van der Waals surface area contributed by atoms with Crippen LogP contribution >= 0.6 is 0 Å². The minimum atomic E-state index is -0.869. The number of nitro benzene ring substituents is 1. The van der Waals surface area contributed by atoms with E-state index in [1.54, 1.807) is 6.92 Å². The Balaban J connectivity index is 2.08. The SMILES string of the molecule is CCC(O)N(C(=O)COc1ccc(C=O)c([N+](=O)[O-])c1)C1CCCC1. The van der Waals surface area contributed by atoms with E-state index in [4.69, 9.17) is 4.74 Å². The van der Waals surface area contributed by atoms with Crippen LogP contribution in [0.2, 0.25) is 0 Å². The molecule has 0 radical (unpaired) electrons. The van der Waals surface area contributed by atoms with Gasteiger partial charge in [-0.15, -0.1) is 0 Å². The summed E-state index contributed by atoms with van der Waals surface area (Å²) in [6.45, 7) is 1.47. The van der Waals surface area contributed by atoms with Crippen LogP contribution in [0.25, 0.3) is 0 Å². The number of hydrogen-bond acceptors (Lipinski definition) is 6. The highest BCUT2D eigenvalue weighted by molar-refractivity contribution is 5.82. The van der Waals surface area contributed by atoms with Gasteiger partial charge in [-0.25, -0.2) is 0 Å². The van der Waals surface area contributed by atoms with Gasteiger partial charge in [0.25, 0.3) is 11.6 Å². The number of benzene rings is 1. The highest BCUT2D eigenvalue weighted by Gasteiger charge is 2.31. The molecule has 25 heavy (non-hydrogen) atoms. The molecule has 1 saturated carbocycles. The summed E-state index contributed by atoms with van der Waals surface area (Å²) in [5.41, 5.74) is -0.432. The minimum Gasteiger partial charge on any atom is -0.484 e. The Labute approximate surface area is 145 Å². The maximum atomic E-state index is 12.5. The zero-order chi connectivity index (χ0) is 18.4. The Bertz CT molecular complexity index is 642. The number of aliphatic hydroxyl groups excluding tert-OH is 1. The van der Waals surface area contributed by atoms with Crippen LogP contribution in [0.3, 0.4) is 0 Å². The summed E-state index contributed by atoms with van der Waals surface area (Å²) in [6, 6.07) is 3.80. The van der Waals surface area contributed by atoms with E-state index >= 15 is 0 Å². The van der Waals surface area contributed by atoms with Gasteiger partial charge in [0.05, 0.1) is 16.6 Å². The Hall–Kier alpha value is -2.48. The molecule has 8 nitrogen and oxygen atoms in total. The number of nitro groups is 1. The molecule has 1 atom stereocenters. The van der Waals surface area contributed by atoms with Gasteiger partial charge in [0.15, 0.2) is 12.9 Å². The van der Waals surface area contributed by atoms with Crippen LogP contribution in [0.4, 0.5) is 5.69 Å². The molecule has 1 aliphatic rings. The summed E-state index contributed by atoms with van der Waals surface area (Å²) in [6.07, 6.45) is 3.68. The molecule has 0 spiro atoms. The molecule has 0 saturated heterocycles. The quantitative estimate of drug-likeness (QED) is 0.333. The van der Waals surface area contributed by atoms with Crippen LogP contribution in [-0.2, 0) is 4.79 Å². The van der Waals surface area contributed by atoms with Crippen molar-refractivity contribution in [1.29, 1.82) is 0 Å². The average molecular weight is 350 g/mol. The first-order chi connectivity index (χ1) is 12.0. The van der Waals surface area contributed by atoms with Crippen LogP contribution in [0.5, 0.6) is 5.75 Å². The maximum absolute atomic E-state index is 12.5. The van der Waals surface area contributed by atoms with Crippen molar-refractivity contribution in [3.8, 4) is 5.75 Å². The number of aliphatic hydroxyl groups is 1. The molecule has 8 heteroatoms. The normalized spacial score (nSPS) is 15.6. The third kappa shape index (κ3) is 4.54. The lowest BCUT2D eigenvalue weighted by atomic mass is 10.2. The Kier molecular flexibility index (Phi) is 6.46. The number of hydrogen-bond donors (Lipinski definition) is 1. The molecule has 1 aromatic rings. The summed E-state index contributed by atoms with van der Waals surface area (Å²) in [5.74, 6) is -0.230. The van der Waals surface area contributed by atoms with Crippen molar-refractivity contribution in [2.24, 2.45) is 0 Å². The van der Waals surface area contributed by atoms with Gasteiger partial charge in [0, 0.05) is 6.04 Å². The molecule has 1 aromatic carbocycles. The molecule has 1 aliphatic carbocycles. The number of nitrogens with zero attached hydrogens (tertiary/aromatic N) is 2. The van der Waals surface area contributed by atoms with Gasteiger partial charge >= 0.3 is 0 Å². The highest BCUT2D eigenvalue weighted by Crippen LogP contribution is 2.26. The molecule has 1 N–H and O–H groups in total. The average Bonchev–Trinajstić information content (AvgIpc) is 3.13. The molecule has 1 amide bonds. The summed E-state index contributed by atoms with van der Waals surface area (Å²) in [7, 11) is 0. The fourth-order valence-corrected chi connectivity index (χ4v) is 3.08. The Morgan fingerprint density at radius 3 is 2.72 bits per heavy atom. The van der Waals surface area contributed by atoms with Gasteiger partial charge < -0.3 is 14.7 Å². The zero-order valence-corrected chi connectivity index (χ0v) is 14.1. The lowest BCUT2D eigenvalue weighted by molar-refractivity contribution is -0.385. The number of carbonyl (C=O) groups is 2. The Morgan fingerprint density at radius 1 is 1.48 bits per heavy atom. The molecule has 1 unspecified atom stereocenters. The van der Waals surface area contributed by atoms with Crippen LogP contribution in [0.15, 0.2) is 18.2 Å². The van der Waals surface area contributed by atoms with Crippen molar-refractivity contribution in [2.75, 3.05) is 6.61 Å². The molecule has 136 valence electrons. The van der Waals surface area contributed by atoms with Crippen molar-refractivity contribution in [2.45, 2.75) is 51.3 Å². The predicted molar refractivity (Wildman–Crippen MR) is 89.4 cm³/mol. The van der Waals surface area contributed by atoms with E-state index in [0.717, 1.165) is 31.7 Å². The van der Waals surface area contributed by atoms with Gasteiger partial charge in [0.2, 0.25) is 0 Å². The lowest BCUT2D eigenvalue weighted by Gasteiger charge is -2.33. The molecule has 0 heterocycles. The fraction of sp³-hybridized carbons (Fsp3) is 0.529. The number of aldehydes is 1. The third-order valence-corrected chi connectivity index (χ3v) is 4.38. The monoisotopic (exact) mass is 350 g/mol. The standard InChI is InChI=1S/C17H22N2O6/c1-2-16(21)18(13-5-3-4-6-13)17(22)11-25-14-8-7-12(10-20)15(9-14)19(23)24/h7-10,13,16,21H,2-6,11H2,1H3. The second kappa shape index (κ2) is 8.57. The van der Waals surface area contributed by atoms with Crippen LogP contribution in [0.1, 0.15) is 49.4 Å². The highest BCUT2D eigenvalue weighted by atomic mass is 16.6. The Morgan fingerprint density at radius 2 is 2.16 bits per heavy atom. The molecule has 0 aromatic heterocycles. The van der Waals surface area contributed by atoms with Crippen molar-refractivity contribution >= 4 is 17.9 Å². The summed E-state index contributed by atoms with van der Waals surface area (Å²) < 4.78 is 5.37. The van der Waals surface area contributed by atoms with Crippen LogP contribution < -0.4 is 4.74 Å². The topological polar surface area (TPSA) is 110 Å². The second-order valence-electron chi connectivity index (χ2n) is 6.01. The van der Waals surface area contributed by atoms with E-state index in [2.05, 4.69) is 0 Å². The molecular weight excluding hydrogens is 328 g/mol.